The molecule has 1 saturated heterocycles. The molecule has 0 unspecified atom stereocenters. The largest absolute Gasteiger partial charge is 0.355 e. The Bertz CT molecular complexity index is 989. The molecule has 3 rings (SSSR count). The fourth-order valence-electron chi connectivity index (χ4n) is 3.72. The van der Waals surface area contributed by atoms with Crippen LogP contribution in [-0.4, -0.2) is 74.4 Å². The van der Waals surface area contributed by atoms with Crippen LogP contribution >= 0.6 is 24.0 Å². The standard InChI is InChI=1S/C23H34N4O2S.HI/c1-23(2,3)30(28,29)17-12-25-22(24-4)27-15-13-26(14-16-27)18-20-10-7-9-19-8-5-6-11-21(19)20;/h5-11H,12-18H2,1-4H3,(H,24,25);1H. The van der Waals surface area contributed by atoms with E-state index in [0.29, 0.717) is 6.54 Å². The number of nitrogens with zero attached hydrogens (tertiary/aromatic N) is 3. The van der Waals surface area contributed by atoms with Gasteiger partial charge in [-0.3, -0.25) is 9.89 Å². The molecule has 0 saturated carbocycles. The van der Waals surface area contributed by atoms with E-state index in [2.05, 4.69) is 62.6 Å². The molecule has 1 aliphatic rings. The molecule has 1 fully saturated rings. The number of rotatable bonds is 5. The van der Waals surface area contributed by atoms with Crippen LogP contribution in [0.2, 0.25) is 0 Å². The van der Waals surface area contributed by atoms with Crippen LogP contribution in [0.15, 0.2) is 47.5 Å². The van der Waals surface area contributed by atoms with Crippen LogP contribution in [0.25, 0.3) is 10.8 Å². The van der Waals surface area contributed by atoms with Crippen molar-refractivity contribution in [3.05, 3.63) is 48.0 Å². The molecule has 0 bridgehead atoms. The van der Waals surface area contributed by atoms with Gasteiger partial charge in [-0.15, -0.1) is 24.0 Å². The van der Waals surface area contributed by atoms with Gasteiger partial charge in [0, 0.05) is 46.3 Å². The number of nitrogens with one attached hydrogen (secondary N) is 1. The fourth-order valence-corrected chi connectivity index (χ4v) is 4.71. The van der Waals surface area contributed by atoms with Crippen molar-refractivity contribution in [1.82, 2.24) is 15.1 Å². The molecule has 0 atom stereocenters. The number of piperazine rings is 1. The zero-order chi connectivity index (χ0) is 21.8. The zero-order valence-corrected chi connectivity index (χ0v) is 22.1. The third-order valence-corrected chi connectivity index (χ3v) is 8.35. The first-order valence-corrected chi connectivity index (χ1v) is 12.2. The van der Waals surface area contributed by atoms with E-state index in [1.165, 1.54) is 16.3 Å². The second-order valence-electron chi connectivity index (χ2n) is 8.81. The smallest absolute Gasteiger partial charge is 0.193 e. The van der Waals surface area contributed by atoms with Crippen LogP contribution in [0.3, 0.4) is 0 Å². The van der Waals surface area contributed by atoms with Crippen molar-refractivity contribution in [2.45, 2.75) is 32.1 Å². The molecule has 31 heavy (non-hydrogen) atoms. The monoisotopic (exact) mass is 558 g/mol. The van der Waals surface area contributed by atoms with Crippen molar-refractivity contribution >= 4 is 50.5 Å². The average molecular weight is 559 g/mol. The Balaban J connectivity index is 0.00000341. The predicted molar refractivity (Wildman–Crippen MR) is 141 cm³/mol. The molecule has 2 aromatic carbocycles. The first-order chi connectivity index (χ1) is 14.2. The molecule has 6 nitrogen and oxygen atoms in total. The lowest BCUT2D eigenvalue weighted by atomic mass is 10.0. The van der Waals surface area contributed by atoms with Crippen LogP contribution < -0.4 is 5.32 Å². The first kappa shape index (κ1) is 25.9. The molecule has 8 heteroatoms. The third kappa shape index (κ3) is 6.55. The van der Waals surface area contributed by atoms with E-state index in [9.17, 15) is 8.42 Å². The van der Waals surface area contributed by atoms with E-state index < -0.39 is 14.6 Å². The molecular formula is C23H35IN4O2S. The summed E-state index contributed by atoms with van der Waals surface area (Å²) in [5.74, 6) is 0.889. The number of fused-ring (bicyclic) bond motifs is 1. The van der Waals surface area contributed by atoms with Gasteiger partial charge in [0.1, 0.15) is 0 Å². The molecule has 0 spiro atoms. The highest BCUT2D eigenvalue weighted by Crippen LogP contribution is 2.20. The lowest BCUT2D eigenvalue weighted by Crippen LogP contribution is -2.52. The van der Waals surface area contributed by atoms with Gasteiger partial charge in [-0.05, 0) is 37.1 Å². The number of aliphatic imine (C=N–C) groups is 1. The minimum absolute atomic E-state index is 0. The minimum Gasteiger partial charge on any atom is -0.355 e. The second kappa shape index (κ2) is 11.0. The van der Waals surface area contributed by atoms with Gasteiger partial charge in [-0.1, -0.05) is 42.5 Å². The summed E-state index contributed by atoms with van der Waals surface area (Å²) in [4.78, 5) is 9.04. The SMILES string of the molecule is CN=C(NCCS(=O)(=O)C(C)(C)C)N1CCN(Cc2cccc3ccccc23)CC1.I. The number of hydrogen-bond donors (Lipinski definition) is 1. The van der Waals surface area contributed by atoms with E-state index in [-0.39, 0.29) is 29.7 Å². The highest BCUT2D eigenvalue weighted by Gasteiger charge is 2.28. The van der Waals surface area contributed by atoms with Gasteiger partial charge >= 0.3 is 0 Å². The van der Waals surface area contributed by atoms with E-state index >= 15 is 0 Å². The number of halogens is 1. The van der Waals surface area contributed by atoms with Gasteiger partial charge in [0.25, 0.3) is 0 Å². The van der Waals surface area contributed by atoms with Gasteiger partial charge < -0.3 is 10.2 Å². The molecule has 1 heterocycles. The van der Waals surface area contributed by atoms with Crippen molar-refractivity contribution in [1.29, 1.82) is 0 Å². The molecule has 1 N–H and O–H groups in total. The maximum absolute atomic E-state index is 12.3. The van der Waals surface area contributed by atoms with Crippen LogP contribution in [0.1, 0.15) is 26.3 Å². The van der Waals surface area contributed by atoms with E-state index in [4.69, 9.17) is 0 Å². The number of guanidine groups is 1. The van der Waals surface area contributed by atoms with Gasteiger partial charge in [0.05, 0.1) is 10.5 Å². The molecule has 2 aromatic rings. The summed E-state index contributed by atoms with van der Waals surface area (Å²) in [6.07, 6.45) is 0. The number of benzene rings is 2. The Hall–Kier alpha value is -1.39. The van der Waals surface area contributed by atoms with E-state index in [0.717, 1.165) is 38.7 Å². The molecule has 0 radical (unpaired) electrons. The van der Waals surface area contributed by atoms with Gasteiger partial charge in [-0.25, -0.2) is 8.42 Å². The van der Waals surface area contributed by atoms with Gasteiger partial charge in [-0.2, -0.15) is 0 Å². The van der Waals surface area contributed by atoms with Crippen molar-refractivity contribution in [2.75, 3.05) is 45.5 Å². The Morgan fingerprint density at radius 1 is 1.03 bits per heavy atom. The molecule has 172 valence electrons. The number of hydrogen-bond acceptors (Lipinski definition) is 4. The van der Waals surface area contributed by atoms with Crippen molar-refractivity contribution in [2.24, 2.45) is 4.99 Å². The summed E-state index contributed by atoms with van der Waals surface area (Å²) in [5.41, 5.74) is 1.36. The first-order valence-electron chi connectivity index (χ1n) is 10.6. The van der Waals surface area contributed by atoms with Gasteiger partial charge in [0.2, 0.25) is 0 Å². The van der Waals surface area contributed by atoms with Crippen LogP contribution in [-0.2, 0) is 16.4 Å². The molecule has 1 aliphatic heterocycles. The number of sulfone groups is 1. The van der Waals surface area contributed by atoms with Crippen molar-refractivity contribution < 1.29 is 8.42 Å². The fraction of sp³-hybridized carbons (Fsp3) is 0.522. The van der Waals surface area contributed by atoms with Crippen LogP contribution in [0.5, 0.6) is 0 Å². The summed E-state index contributed by atoms with van der Waals surface area (Å²) >= 11 is 0. The maximum atomic E-state index is 12.3. The highest BCUT2D eigenvalue weighted by atomic mass is 127. The Kier molecular flexibility index (Phi) is 9.14. The Morgan fingerprint density at radius 2 is 1.68 bits per heavy atom. The van der Waals surface area contributed by atoms with Crippen LogP contribution in [0, 0.1) is 0 Å². The minimum atomic E-state index is -3.14. The summed E-state index contributed by atoms with van der Waals surface area (Å²) in [5, 5.41) is 5.83. The summed E-state index contributed by atoms with van der Waals surface area (Å²) in [6.45, 7) is 10.2. The lowest BCUT2D eigenvalue weighted by Gasteiger charge is -2.36. The highest BCUT2D eigenvalue weighted by molar-refractivity contribution is 14.0. The van der Waals surface area contributed by atoms with E-state index in [1.807, 2.05) is 0 Å². The quantitative estimate of drug-likeness (QED) is 0.347. The summed E-state index contributed by atoms with van der Waals surface area (Å²) in [7, 11) is -1.38. The van der Waals surface area contributed by atoms with Gasteiger partial charge in [0.15, 0.2) is 15.8 Å². The third-order valence-electron chi connectivity index (χ3n) is 5.74. The summed E-state index contributed by atoms with van der Waals surface area (Å²) < 4.78 is 23.9. The Morgan fingerprint density at radius 3 is 2.32 bits per heavy atom. The summed E-state index contributed by atoms with van der Waals surface area (Å²) in [6, 6.07) is 15.0. The van der Waals surface area contributed by atoms with Crippen LogP contribution in [0.4, 0.5) is 0 Å². The molecular weight excluding hydrogens is 523 g/mol. The zero-order valence-electron chi connectivity index (χ0n) is 19.0. The average Bonchev–Trinajstić information content (AvgIpc) is 2.71. The van der Waals surface area contributed by atoms with Crippen molar-refractivity contribution in [3.63, 3.8) is 0 Å². The molecule has 0 aliphatic carbocycles. The predicted octanol–water partition coefficient (Wildman–Crippen LogP) is 3.36. The Labute approximate surface area is 204 Å². The lowest BCUT2D eigenvalue weighted by molar-refractivity contribution is 0.173. The topological polar surface area (TPSA) is 65.0 Å². The normalized spacial score (nSPS) is 16.3. The van der Waals surface area contributed by atoms with E-state index in [1.54, 1.807) is 27.8 Å². The molecule has 0 amide bonds. The second-order valence-corrected chi connectivity index (χ2v) is 11.7. The maximum Gasteiger partial charge on any atom is 0.193 e. The molecule has 0 aromatic heterocycles. The van der Waals surface area contributed by atoms with Crippen molar-refractivity contribution in [3.8, 4) is 0 Å².